The summed E-state index contributed by atoms with van der Waals surface area (Å²) in [7, 11) is 0. The average Bonchev–Trinajstić information content (AvgIpc) is 3.04. The summed E-state index contributed by atoms with van der Waals surface area (Å²) >= 11 is 1.42. The van der Waals surface area contributed by atoms with Crippen LogP contribution >= 0.6 is 11.3 Å². The van der Waals surface area contributed by atoms with Gasteiger partial charge in [-0.2, -0.15) is 0 Å². The SMILES string of the molecule is CCOC(=O)C1CCc2nc(NC(=O)COc3ccc(C)c(C)c3)sc2C1. The Morgan fingerprint density at radius 1 is 1.30 bits per heavy atom. The zero-order valence-corrected chi connectivity index (χ0v) is 16.6. The van der Waals surface area contributed by atoms with E-state index in [1.165, 1.54) is 16.9 Å². The molecule has 0 aliphatic heterocycles. The van der Waals surface area contributed by atoms with Gasteiger partial charge in [-0.05, 0) is 63.3 Å². The standard InChI is InChI=1S/C20H24N2O4S/c1-4-25-19(24)14-6-8-16-17(10-14)27-20(21-16)22-18(23)11-26-15-7-5-12(2)13(3)9-15/h5,7,9,14H,4,6,8,10-11H2,1-3H3,(H,21,22,23). The van der Waals surface area contributed by atoms with E-state index in [4.69, 9.17) is 9.47 Å². The van der Waals surface area contributed by atoms with Crippen LogP contribution in [0.3, 0.4) is 0 Å². The molecule has 1 N–H and O–H groups in total. The molecule has 144 valence electrons. The van der Waals surface area contributed by atoms with E-state index in [2.05, 4.69) is 10.3 Å². The van der Waals surface area contributed by atoms with Crippen LogP contribution in [0.5, 0.6) is 5.75 Å². The van der Waals surface area contributed by atoms with Crippen LogP contribution in [0.15, 0.2) is 18.2 Å². The van der Waals surface area contributed by atoms with Crippen LogP contribution in [-0.4, -0.2) is 30.1 Å². The largest absolute Gasteiger partial charge is 0.484 e. The summed E-state index contributed by atoms with van der Waals surface area (Å²) in [6.07, 6.45) is 2.09. The van der Waals surface area contributed by atoms with Crippen molar-refractivity contribution in [2.45, 2.75) is 40.0 Å². The number of amides is 1. The molecule has 0 fully saturated rings. The number of anilines is 1. The highest BCUT2D eigenvalue weighted by atomic mass is 32.1. The van der Waals surface area contributed by atoms with E-state index in [1.807, 2.05) is 39.0 Å². The van der Waals surface area contributed by atoms with E-state index >= 15 is 0 Å². The van der Waals surface area contributed by atoms with Crippen LogP contribution in [-0.2, 0) is 27.2 Å². The van der Waals surface area contributed by atoms with Crippen LogP contribution in [0.2, 0.25) is 0 Å². The number of rotatable bonds is 6. The third-order valence-corrected chi connectivity index (χ3v) is 5.69. The predicted octanol–water partition coefficient (Wildman–Crippen LogP) is 3.45. The first-order valence-corrected chi connectivity index (χ1v) is 9.93. The van der Waals surface area contributed by atoms with Gasteiger partial charge in [0, 0.05) is 4.88 Å². The van der Waals surface area contributed by atoms with Gasteiger partial charge in [0.1, 0.15) is 5.75 Å². The van der Waals surface area contributed by atoms with Crippen molar-refractivity contribution in [2.24, 2.45) is 5.92 Å². The lowest BCUT2D eigenvalue weighted by Gasteiger charge is -2.18. The number of nitrogens with zero attached hydrogens (tertiary/aromatic N) is 1. The normalized spacial score (nSPS) is 15.7. The number of hydrogen-bond acceptors (Lipinski definition) is 6. The third kappa shape index (κ3) is 4.86. The number of ether oxygens (including phenoxy) is 2. The first-order valence-electron chi connectivity index (χ1n) is 9.11. The van der Waals surface area contributed by atoms with Gasteiger partial charge >= 0.3 is 5.97 Å². The van der Waals surface area contributed by atoms with E-state index in [-0.39, 0.29) is 24.4 Å². The number of carbonyl (C=O) groups is 2. The Labute approximate surface area is 162 Å². The number of benzene rings is 1. The van der Waals surface area contributed by atoms with Gasteiger partial charge in [-0.25, -0.2) is 4.98 Å². The summed E-state index contributed by atoms with van der Waals surface area (Å²) in [5.41, 5.74) is 3.27. The van der Waals surface area contributed by atoms with Crippen LogP contribution in [0, 0.1) is 19.8 Å². The molecule has 7 heteroatoms. The van der Waals surface area contributed by atoms with Crippen molar-refractivity contribution < 1.29 is 19.1 Å². The van der Waals surface area contributed by atoms with Crippen molar-refractivity contribution in [2.75, 3.05) is 18.5 Å². The number of hydrogen-bond donors (Lipinski definition) is 1. The quantitative estimate of drug-likeness (QED) is 0.767. The Bertz CT molecular complexity index is 847. The Balaban J connectivity index is 1.55. The highest BCUT2D eigenvalue weighted by molar-refractivity contribution is 7.15. The van der Waals surface area contributed by atoms with Crippen LogP contribution < -0.4 is 10.1 Å². The van der Waals surface area contributed by atoms with Gasteiger partial charge in [-0.3, -0.25) is 14.9 Å². The summed E-state index contributed by atoms with van der Waals surface area (Å²) < 4.78 is 10.7. The van der Waals surface area contributed by atoms with Gasteiger partial charge < -0.3 is 9.47 Å². The van der Waals surface area contributed by atoms with Gasteiger partial charge in [-0.15, -0.1) is 11.3 Å². The maximum absolute atomic E-state index is 12.2. The van der Waals surface area contributed by atoms with Crippen molar-refractivity contribution in [3.8, 4) is 5.75 Å². The molecule has 27 heavy (non-hydrogen) atoms. The molecular weight excluding hydrogens is 364 g/mol. The Morgan fingerprint density at radius 3 is 2.85 bits per heavy atom. The number of esters is 1. The maximum atomic E-state index is 12.2. The molecule has 1 atom stereocenters. The molecule has 0 radical (unpaired) electrons. The Morgan fingerprint density at radius 2 is 2.11 bits per heavy atom. The minimum absolute atomic E-state index is 0.0712. The molecular formula is C20H24N2O4S. The lowest BCUT2D eigenvalue weighted by atomic mass is 9.91. The van der Waals surface area contributed by atoms with E-state index < -0.39 is 0 Å². The van der Waals surface area contributed by atoms with Crippen molar-refractivity contribution in [3.63, 3.8) is 0 Å². The Hall–Kier alpha value is -2.41. The van der Waals surface area contributed by atoms with Gasteiger partial charge in [-0.1, -0.05) is 6.07 Å². The Kier molecular flexibility index (Phi) is 6.11. The summed E-state index contributed by atoms with van der Waals surface area (Å²) in [4.78, 5) is 29.6. The first-order chi connectivity index (χ1) is 13.0. The second-order valence-corrected chi connectivity index (χ2v) is 7.75. The molecule has 1 aromatic carbocycles. The van der Waals surface area contributed by atoms with Gasteiger partial charge in [0.15, 0.2) is 11.7 Å². The molecule has 1 heterocycles. The minimum Gasteiger partial charge on any atom is -0.484 e. The molecule has 1 aliphatic rings. The van der Waals surface area contributed by atoms with Crippen molar-refractivity contribution in [1.29, 1.82) is 0 Å². The number of aromatic nitrogens is 1. The molecule has 1 aliphatic carbocycles. The van der Waals surface area contributed by atoms with Gasteiger partial charge in [0.2, 0.25) is 0 Å². The zero-order chi connectivity index (χ0) is 19.4. The van der Waals surface area contributed by atoms with E-state index in [1.54, 1.807) is 0 Å². The van der Waals surface area contributed by atoms with Crippen LogP contribution in [0.1, 0.15) is 35.0 Å². The number of fused-ring (bicyclic) bond motifs is 1. The lowest BCUT2D eigenvalue weighted by Crippen LogP contribution is -2.24. The average molecular weight is 388 g/mol. The number of carbonyl (C=O) groups excluding carboxylic acids is 2. The van der Waals surface area contributed by atoms with Crippen molar-refractivity contribution in [3.05, 3.63) is 39.9 Å². The predicted molar refractivity (Wildman–Crippen MR) is 104 cm³/mol. The van der Waals surface area contributed by atoms with E-state index in [0.29, 0.717) is 23.9 Å². The summed E-state index contributed by atoms with van der Waals surface area (Å²) in [5, 5.41) is 3.35. The topological polar surface area (TPSA) is 77.5 Å². The van der Waals surface area contributed by atoms with Gasteiger partial charge in [0.05, 0.1) is 18.2 Å². The fourth-order valence-electron chi connectivity index (χ4n) is 3.00. The highest BCUT2D eigenvalue weighted by Gasteiger charge is 2.28. The molecule has 6 nitrogen and oxygen atoms in total. The smallest absolute Gasteiger partial charge is 0.309 e. The molecule has 0 bridgehead atoms. The molecule has 1 amide bonds. The van der Waals surface area contributed by atoms with E-state index in [9.17, 15) is 9.59 Å². The molecule has 3 rings (SSSR count). The highest BCUT2D eigenvalue weighted by Crippen LogP contribution is 2.32. The second-order valence-electron chi connectivity index (χ2n) is 6.66. The molecule has 1 unspecified atom stereocenters. The van der Waals surface area contributed by atoms with Gasteiger partial charge in [0.25, 0.3) is 5.91 Å². The second kappa shape index (κ2) is 8.52. The minimum atomic E-state index is -0.249. The number of aryl methyl sites for hydroxylation is 3. The lowest BCUT2D eigenvalue weighted by molar-refractivity contribution is -0.148. The summed E-state index contributed by atoms with van der Waals surface area (Å²) in [5.74, 6) is 0.156. The summed E-state index contributed by atoms with van der Waals surface area (Å²) in [6, 6.07) is 5.74. The molecule has 2 aromatic rings. The molecule has 1 aromatic heterocycles. The molecule has 0 saturated heterocycles. The fraction of sp³-hybridized carbons (Fsp3) is 0.450. The van der Waals surface area contributed by atoms with Crippen molar-refractivity contribution in [1.82, 2.24) is 4.98 Å². The van der Waals surface area contributed by atoms with Crippen molar-refractivity contribution >= 4 is 28.3 Å². The fourth-order valence-corrected chi connectivity index (χ4v) is 4.10. The zero-order valence-electron chi connectivity index (χ0n) is 15.8. The monoisotopic (exact) mass is 388 g/mol. The number of nitrogens with one attached hydrogen (secondary N) is 1. The first kappa shape index (κ1) is 19.4. The third-order valence-electron chi connectivity index (χ3n) is 4.65. The molecule has 0 saturated carbocycles. The summed E-state index contributed by atoms with van der Waals surface area (Å²) in [6.45, 7) is 6.17. The van der Waals surface area contributed by atoms with Crippen LogP contribution in [0.25, 0.3) is 0 Å². The van der Waals surface area contributed by atoms with Crippen LogP contribution in [0.4, 0.5) is 5.13 Å². The number of thiazole rings is 1. The maximum Gasteiger partial charge on any atom is 0.309 e. The molecule has 0 spiro atoms. The van der Waals surface area contributed by atoms with E-state index in [0.717, 1.165) is 29.0 Å².